The molecule has 0 aromatic rings. The Balaban J connectivity index is 4.65. The van der Waals surface area contributed by atoms with Gasteiger partial charge in [-0.1, -0.05) is 20.8 Å². The highest BCUT2D eigenvalue weighted by Crippen LogP contribution is 2.12. The molecule has 4 heteroatoms. The summed E-state index contributed by atoms with van der Waals surface area (Å²) in [6.07, 6.45) is 1.98. The van der Waals surface area contributed by atoms with Crippen molar-refractivity contribution in [3.8, 4) is 0 Å². The first-order valence-corrected chi connectivity index (χ1v) is 6.63. The topological polar surface area (TPSA) is 52.6 Å². The fourth-order valence-electron chi connectivity index (χ4n) is 1.84. The summed E-state index contributed by atoms with van der Waals surface area (Å²) < 4.78 is 0. The Hall–Kier alpha value is -0.610. The summed E-state index contributed by atoms with van der Waals surface area (Å²) in [5, 5.41) is 12.5. The van der Waals surface area contributed by atoms with Gasteiger partial charge in [0.2, 0.25) is 0 Å². The molecule has 0 aromatic heterocycles. The molecular weight excluding hydrogens is 216 g/mol. The standard InChI is InChI=1S/C13H28N2O2/c1-6-9-14-13(5,12(16)17)10-15(8-3)11(4)7-2/h11,14H,6-10H2,1-5H3,(H,16,17). The highest BCUT2D eigenvalue weighted by molar-refractivity contribution is 5.78. The summed E-state index contributed by atoms with van der Waals surface area (Å²) >= 11 is 0. The normalized spacial score (nSPS) is 16.8. The van der Waals surface area contributed by atoms with Crippen LogP contribution in [0.25, 0.3) is 0 Å². The summed E-state index contributed by atoms with van der Waals surface area (Å²) in [5.41, 5.74) is -0.852. The first kappa shape index (κ1) is 16.4. The van der Waals surface area contributed by atoms with Crippen LogP contribution >= 0.6 is 0 Å². The molecule has 2 unspecified atom stereocenters. The van der Waals surface area contributed by atoms with E-state index < -0.39 is 11.5 Å². The van der Waals surface area contributed by atoms with E-state index in [1.807, 2.05) is 6.92 Å². The Bertz CT molecular complexity index is 233. The molecule has 0 amide bonds. The van der Waals surface area contributed by atoms with Crippen LogP contribution in [0.15, 0.2) is 0 Å². The van der Waals surface area contributed by atoms with Crippen molar-refractivity contribution in [3.05, 3.63) is 0 Å². The second-order valence-corrected chi connectivity index (χ2v) is 4.88. The molecule has 0 aliphatic heterocycles. The van der Waals surface area contributed by atoms with Gasteiger partial charge < -0.3 is 10.4 Å². The molecule has 2 atom stereocenters. The van der Waals surface area contributed by atoms with Crippen molar-refractivity contribution in [1.29, 1.82) is 0 Å². The van der Waals surface area contributed by atoms with Crippen LogP contribution in [0, 0.1) is 0 Å². The van der Waals surface area contributed by atoms with Crippen LogP contribution in [-0.2, 0) is 4.79 Å². The van der Waals surface area contributed by atoms with Crippen molar-refractivity contribution in [3.63, 3.8) is 0 Å². The first-order chi connectivity index (χ1) is 7.91. The summed E-state index contributed by atoms with van der Waals surface area (Å²) in [7, 11) is 0. The number of hydrogen-bond donors (Lipinski definition) is 2. The molecule has 0 saturated heterocycles. The van der Waals surface area contributed by atoms with Crippen molar-refractivity contribution in [2.75, 3.05) is 19.6 Å². The number of carboxylic acids is 1. The van der Waals surface area contributed by atoms with E-state index in [4.69, 9.17) is 0 Å². The Kier molecular flexibility index (Phi) is 7.39. The number of carbonyl (C=O) groups is 1. The van der Waals surface area contributed by atoms with Crippen molar-refractivity contribution in [2.45, 2.75) is 59.0 Å². The van der Waals surface area contributed by atoms with E-state index in [0.29, 0.717) is 12.6 Å². The number of nitrogens with one attached hydrogen (secondary N) is 1. The van der Waals surface area contributed by atoms with E-state index in [0.717, 1.165) is 25.9 Å². The van der Waals surface area contributed by atoms with E-state index in [1.165, 1.54) is 0 Å². The Morgan fingerprint density at radius 2 is 2.00 bits per heavy atom. The maximum absolute atomic E-state index is 11.4. The third-order valence-corrected chi connectivity index (χ3v) is 3.38. The molecule has 2 N–H and O–H groups in total. The van der Waals surface area contributed by atoms with Gasteiger partial charge in [0.1, 0.15) is 5.54 Å². The average Bonchev–Trinajstić information content (AvgIpc) is 2.32. The maximum atomic E-state index is 11.4. The molecule has 0 heterocycles. The highest BCUT2D eigenvalue weighted by atomic mass is 16.4. The Labute approximate surface area is 105 Å². The molecule has 0 aliphatic carbocycles. The first-order valence-electron chi connectivity index (χ1n) is 6.63. The molecule has 0 aromatic carbocycles. The van der Waals surface area contributed by atoms with Crippen molar-refractivity contribution in [2.24, 2.45) is 0 Å². The fourth-order valence-corrected chi connectivity index (χ4v) is 1.84. The van der Waals surface area contributed by atoms with Gasteiger partial charge >= 0.3 is 5.97 Å². The average molecular weight is 244 g/mol. The van der Waals surface area contributed by atoms with Crippen molar-refractivity contribution < 1.29 is 9.90 Å². The van der Waals surface area contributed by atoms with E-state index in [-0.39, 0.29) is 0 Å². The third-order valence-electron chi connectivity index (χ3n) is 3.38. The lowest BCUT2D eigenvalue weighted by atomic mass is 10.00. The maximum Gasteiger partial charge on any atom is 0.324 e. The second kappa shape index (κ2) is 7.67. The van der Waals surface area contributed by atoms with Gasteiger partial charge in [-0.3, -0.25) is 9.69 Å². The van der Waals surface area contributed by atoms with E-state index in [9.17, 15) is 9.90 Å². The van der Waals surface area contributed by atoms with Gasteiger partial charge in [0, 0.05) is 12.6 Å². The lowest BCUT2D eigenvalue weighted by molar-refractivity contribution is -0.145. The summed E-state index contributed by atoms with van der Waals surface area (Å²) in [6, 6.07) is 0.419. The van der Waals surface area contributed by atoms with Crippen molar-refractivity contribution >= 4 is 5.97 Å². The van der Waals surface area contributed by atoms with Crippen LogP contribution in [0.4, 0.5) is 0 Å². The fraction of sp³-hybridized carbons (Fsp3) is 0.923. The summed E-state index contributed by atoms with van der Waals surface area (Å²) in [6.45, 7) is 12.3. The molecular formula is C13H28N2O2. The Morgan fingerprint density at radius 1 is 1.41 bits per heavy atom. The van der Waals surface area contributed by atoms with Crippen LogP contribution in [0.1, 0.15) is 47.5 Å². The van der Waals surface area contributed by atoms with Gasteiger partial charge in [-0.2, -0.15) is 0 Å². The molecule has 0 rings (SSSR count). The lowest BCUT2D eigenvalue weighted by Crippen LogP contribution is -2.58. The van der Waals surface area contributed by atoms with Gasteiger partial charge in [0.15, 0.2) is 0 Å². The highest BCUT2D eigenvalue weighted by Gasteiger charge is 2.34. The summed E-state index contributed by atoms with van der Waals surface area (Å²) in [4.78, 5) is 13.6. The lowest BCUT2D eigenvalue weighted by Gasteiger charge is -2.35. The number of carboxylic acid groups (broad SMARTS) is 1. The molecule has 0 aliphatic rings. The van der Waals surface area contributed by atoms with Crippen LogP contribution in [0.2, 0.25) is 0 Å². The number of nitrogens with zero attached hydrogens (tertiary/aromatic N) is 1. The minimum atomic E-state index is -0.852. The summed E-state index contributed by atoms with van der Waals surface area (Å²) in [5.74, 6) is -0.771. The number of rotatable bonds is 9. The molecule has 0 bridgehead atoms. The molecule has 17 heavy (non-hydrogen) atoms. The van der Waals surface area contributed by atoms with Crippen molar-refractivity contribution in [1.82, 2.24) is 10.2 Å². The van der Waals surface area contributed by atoms with Crippen LogP contribution in [0.5, 0.6) is 0 Å². The second-order valence-electron chi connectivity index (χ2n) is 4.88. The minimum absolute atomic E-state index is 0.419. The predicted molar refractivity (Wildman–Crippen MR) is 71.3 cm³/mol. The molecule has 102 valence electrons. The van der Waals surface area contributed by atoms with E-state index >= 15 is 0 Å². The van der Waals surface area contributed by atoms with Crippen LogP contribution in [-0.4, -0.2) is 47.2 Å². The largest absolute Gasteiger partial charge is 0.480 e. The van der Waals surface area contributed by atoms with E-state index in [2.05, 4.69) is 31.0 Å². The minimum Gasteiger partial charge on any atom is -0.480 e. The molecule has 0 radical (unpaired) electrons. The monoisotopic (exact) mass is 244 g/mol. The number of hydrogen-bond acceptors (Lipinski definition) is 3. The number of aliphatic carboxylic acids is 1. The van der Waals surface area contributed by atoms with Gasteiger partial charge in [0.25, 0.3) is 0 Å². The zero-order valence-corrected chi connectivity index (χ0v) is 11.9. The molecule has 0 spiro atoms. The van der Waals surface area contributed by atoms with Gasteiger partial charge in [-0.15, -0.1) is 0 Å². The predicted octanol–water partition coefficient (Wildman–Crippen LogP) is 1.95. The van der Waals surface area contributed by atoms with E-state index in [1.54, 1.807) is 6.92 Å². The zero-order chi connectivity index (χ0) is 13.5. The molecule has 0 saturated carbocycles. The molecule has 4 nitrogen and oxygen atoms in total. The third kappa shape index (κ3) is 5.04. The zero-order valence-electron chi connectivity index (χ0n) is 11.9. The van der Waals surface area contributed by atoms with Gasteiger partial charge in [-0.25, -0.2) is 0 Å². The SMILES string of the molecule is CCCNC(C)(CN(CC)C(C)CC)C(=O)O. The molecule has 0 fully saturated rings. The number of likely N-dealkylation sites (N-methyl/N-ethyl adjacent to an activating group) is 1. The van der Waals surface area contributed by atoms with Crippen LogP contribution < -0.4 is 5.32 Å². The quantitative estimate of drug-likeness (QED) is 0.651. The van der Waals surface area contributed by atoms with Gasteiger partial charge in [0.05, 0.1) is 0 Å². The Morgan fingerprint density at radius 3 is 2.35 bits per heavy atom. The smallest absolute Gasteiger partial charge is 0.324 e. The van der Waals surface area contributed by atoms with Crippen LogP contribution in [0.3, 0.4) is 0 Å². The van der Waals surface area contributed by atoms with Gasteiger partial charge in [-0.05, 0) is 39.8 Å².